The Balaban J connectivity index is 1.51. The first kappa shape index (κ1) is 24.4. The van der Waals surface area contributed by atoms with Crippen LogP contribution in [0.5, 0.6) is 11.5 Å². The number of benzene rings is 3. The van der Waals surface area contributed by atoms with Crippen LogP contribution in [0.2, 0.25) is 0 Å². The number of hydrogen-bond acceptors (Lipinski definition) is 7. The van der Waals surface area contributed by atoms with Crippen LogP contribution in [0.4, 0.5) is 11.4 Å². The second-order valence-electron chi connectivity index (χ2n) is 9.23. The molecule has 1 unspecified atom stereocenters. The summed E-state index contributed by atoms with van der Waals surface area (Å²) in [6, 6.07) is 19.0. The van der Waals surface area contributed by atoms with Gasteiger partial charge in [0.1, 0.15) is 11.5 Å². The van der Waals surface area contributed by atoms with Crippen molar-refractivity contribution in [3.63, 3.8) is 0 Å². The third-order valence-electron chi connectivity index (χ3n) is 6.45. The lowest BCUT2D eigenvalue weighted by Crippen LogP contribution is -2.32. The monoisotopic (exact) mass is 513 g/mol. The topological polar surface area (TPSA) is 122 Å². The first-order valence-electron chi connectivity index (χ1n) is 11.9. The molecule has 0 radical (unpaired) electrons. The van der Waals surface area contributed by atoms with Gasteiger partial charge in [-0.2, -0.15) is 5.10 Å². The van der Waals surface area contributed by atoms with E-state index in [-0.39, 0.29) is 17.4 Å². The molecule has 10 heteroatoms. The molecule has 0 saturated heterocycles. The summed E-state index contributed by atoms with van der Waals surface area (Å²) in [5.41, 5.74) is 16.9. The van der Waals surface area contributed by atoms with Gasteiger partial charge in [-0.25, -0.2) is 0 Å². The fourth-order valence-corrected chi connectivity index (χ4v) is 5.43. The first-order chi connectivity index (χ1) is 17.9. The van der Waals surface area contributed by atoms with Gasteiger partial charge in [0.15, 0.2) is 11.3 Å². The molecule has 37 heavy (non-hydrogen) atoms. The molecule has 9 nitrogen and oxygen atoms in total. The third-order valence-corrected chi connectivity index (χ3v) is 7.47. The van der Waals surface area contributed by atoms with E-state index in [0.717, 1.165) is 32.9 Å². The first-order valence-corrected chi connectivity index (χ1v) is 12.8. The molecule has 3 aromatic carbocycles. The Morgan fingerprint density at radius 2 is 1.86 bits per heavy atom. The Morgan fingerprint density at radius 3 is 2.59 bits per heavy atom. The van der Waals surface area contributed by atoms with Crippen LogP contribution in [0, 0.1) is 0 Å². The smallest absolute Gasteiger partial charge is 0.189 e. The highest BCUT2D eigenvalue weighted by atomic mass is 32.2. The number of amidine groups is 1. The van der Waals surface area contributed by atoms with Gasteiger partial charge in [0.2, 0.25) is 0 Å². The highest BCUT2D eigenvalue weighted by Crippen LogP contribution is 2.41. The molecular weight excluding hydrogens is 486 g/mol. The largest absolute Gasteiger partial charge is 0.508 e. The lowest BCUT2D eigenvalue weighted by atomic mass is 9.97. The molecule has 1 aliphatic rings. The predicted molar refractivity (Wildman–Crippen MR) is 149 cm³/mol. The van der Waals surface area contributed by atoms with Crippen LogP contribution in [-0.4, -0.2) is 19.9 Å². The van der Waals surface area contributed by atoms with Crippen LogP contribution in [0.15, 0.2) is 77.1 Å². The average Bonchev–Trinajstić information content (AvgIpc) is 3.47. The summed E-state index contributed by atoms with van der Waals surface area (Å²) < 4.78 is 2.07. The summed E-state index contributed by atoms with van der Waals surface area (Å²) in [4.78, 5) is 4.90. The van der Waals surface area contributed by atoms with Crippen molar-refractivity contribution in [2.24, 2.45) is 17.3 Å². The molecule has 2 heterocycles. The number of anilines is 1. The van der Waals surface area contributed by atoms with E-state index in [9.17, 15) is 10.2 Å². The number of phenols is 2. The Morgan fingerprint density at radius 1 is 1.08 bits per heavy atom. The van der Waals surface area contributed by atoms with E-state index >= 15 is 0 Å². The van der Waals surface area contributed by atoms with Gasteiger partial charge in [-0.05, 0) is 52.9 Å². The molecule has 0 saturated carbocycles. The summed E-state index contributed by atoms with van der Waals surface area (Å²) >= 11 is 1.56. The number of phenolic OH excluding ortho intramolecular Hbond substituents is 2. The molecule has 5 rings (SSSR count). The Bertz CT molecular complexity index is 1540. The van der Waals surface area contributed by atoms with E-state index < -0.39 is 6.17 Å². The lowest BCUT2D eigenvalue weighted by molar-refractivity contribution is 0.432. The number of nitrogens with zero attached hydrogens (tertiary/aromatic N) is 6. The molecule has 4 aromatic rings. The summed E-state index contributed by atoms with van der Waals surface area (Å²) in [5.74, 6) is 0.802. The standard InChI is InChI=1S/C27H27N7O2S/c1-16(2)21-13-22(25(36)14-24(21)35)26-30-31-27(37-15-17-4-6-19(7-5-17)29-32-28)34(26)20-8-9-23-18(12-20)10-11-33(23)3/h4-14,16,26,30,35-36H,15H2,1-3H3. The van der Waals surface area contributed by atoms with E-state index in [1.165, 1.54) is 6.07 Å². The van der Waals surface area contributed by atoms with Crippen molar-refractivity contribution in [2.75, 3.05) is 4.90 Å². The Hall–Kier alpha value is -4.27. The highest BCUT2D eigenvalue weighted by molar-refractivity contribution is 8.13. The fourth-order valence-electron chi connectivity index (χ4n) is 4.48. The number of rotatable bonds is 6. The lowest BCUT2D eigenvalue weighted by Gasteiger charge is -2.28. The molecule has 0 spiro atoms. The average molecular weight is 514 g/mol. The maximum absolute atomic E-state index is 10.8. The van der Waals surface area contributed by atoms with Gasteiger partial charge in [-0.15, -0.1) is 0 Å². The van der Waals surface area contributed by atoms with Crippen LogP contribution in [-0.2, 0) is 12.8 Å². The number of thioether (sulfide) groups is 1. The van der Waals surface area contributed by atoms with Crippen molar-refractivity contribution < 1.29 is 10.2 Å². The van der Waals surface area contributed by atoms with E-state index in [1.54, 1.807) is 23.9 Å². The van der Waals surface area contributed by atoms with Crippen LogP contribution >= 0.6 is 11.8 Å². The molecule has 0 bridgehead atoms. The molecule has 1 atom stereocenters. The van der Waals surface area contributed by atoms with Crippen molar-refractivity contribution in [1.82, 2.24) is 9.99 Å². The van der Waals surface area contributed by atoms with E-state index in [1.807, 2.05) is 51.4 Å². The van der Waals surface area contributed by atoms with Gasteiger partial charge in [0, 0.05) is 57.8 Å². The molecule has 0 amide bonds. The summed E-state index contributed by atoms with van der Waals surface area (Å²) in [5, 5.41) is 31.4. The van der Waals surface area contributed by atoms with Crippen molar-refractivity contribution >= 4 is 39.2 Å². The van der Waals surface area contributed by atoms with Crippen LogP contribution in [0.3, 0.4) is 0 Å². The molecule has 0 aliphatic carbocycles. The fraction of sp³-hybridized carbons (Fsp3) is 0.222. The number of fused-ring (bicyclic) bond motifs is 1. The van der Waals surface area contributed by atoms with Crippen LogP contribution < -0.4 is 10.3 Å². The molecule has 0 fully saturated rings. The maximum Gasteiger partial charge on any atom is 0.189 e. The van der Waals surface area contributed by atoms with Crippen molar-refractivity contribution in [1.29, 1.82) is 0 Å². The number of azide groups is 1. The normalized spacial score (nSPS) is 15.1. The molecule has 1 aliphatic heterocycles. The highest BCUT2D eigenvalue weighted by Gasteiger charge is 2.33. The number of aromatic nitrogens is 1. The van der Waals surface area contributed by atoms with Crippen molar-refractivity contribution in [3.8, 4) is 11.5 Å². The summed E-state index contributed by atoms with van der Waals surface area (Å²) in [6.45, 7) is 4.01. The van der Waals surface area contributed by atoms with Gasteiger partial charge in [-0.1, -0.05) is 55.0 Å². The second-order valence-corrected chi connectivity index (χ2v) is 10.2. The minimum Gasteiger partial charge on any atom is -0.508 e. The zero-order valence-electron chi connectivity index (χ0n) is 20.7. The number of aryl methyl sites for hydroxylation is 1. The Kier molecular flexibility index (Phi) is 6.60. The molecular formula is C27H27N7O2S. The predicted octanol–water partition coefficient (Wildman–Crippen LogP) is 6.97. The zero-order valence-corrected chi connectivity index (χ0v) is 21.5. The van der Waals surface area contributed by atoms with Crippen molar-refractivity contribution in [2.45, 2.75) is 31.7 Å². The minimum absolute atomic E-state index is 0.000255. The van der Waals surface area contributed by atoms with Crippen LogP contribution in [0.1, 0.15) is 42.6 Å². The van der Waals surface area contributed by atoms with Gasteiger partial charge >= 0.3 is 0 Å². The zero-order chi connectivity index (χ0) is 26.1. The minimum atomic E-state index is -0.464. The number of hydrazone groups is 1. The maximum atomic E-state index is 10.8. The number of nitrogens with one attached hydrogen (secondary N) is 1. The molecule has 188 valence electrons. The SMILES string of the molecule is CC(C)c1cc(C2NN=C(SCc3ccc(N=[N+]=[N-])cc3)N2c2ccc3c(ccn3C)c2)c(O)cc1O. The van der Waals surface area contributed by atoms with Gasteiger partial charge in [0.25, 0.3) is 0 Å². The quantitative estimate of drug-likeness (QED) is 0.146. The van der Waals surface area contributed by atoms with Crippen LogP contribution in [0.25, 0.3) is 21.3 Å². The van der Waals surface area contributed by atoms with Gasteiger partial charge < -0.3 is 14.8 Å². The third kappa shape index (κ3) is 4.76. The molecule has 1 aromatic heterocycles. The van der Waals surface area contributed by atoms with Gasteiger partial charge in [0.05, 0.1) is 0 Å². The van der Waals surface area contributed by atoms with E-state index in [4.69, 9.17) is 5.53 Å². The second kappa shape index (κ2) is 10.0. The van der Waals surface area contributed by atoms with E-state index in [2.05, 4.69) is 48.2 Å². The Labute approximate surface area is 218 Å². The van der Waals surface area contributed by atoms with E-state index in [0.29, 0.717) is 17.0 Å². The summed E-state index contributed by atoms with van der Waals surface area (Å²) in [7, 11) is 2.01. The number of hydrogen-bond donors (Lipinski definition) is 3. The molecule has 3 N–H and O–H groups in total. The number of aromatic hydroxyl groups is 2. The summed E-state index contributed by atoms with van der Waals surface area (Å²) in [6.07, 6.45) is 1.56. The van der Waals surface area contributed by atoms with Crippen molar-refractivity contribution in [3.05, 3.63) is 94.0 Å². The van der Waals surface area contributed by atoms with Gasteiger partial charge in [-0.3, -0.25) is 10.3 Å².